The van der Waals surface area contributed by atoms with Crippen molar-refractivity contribution in [2.45, 2.75) is 0 Å². The van der Waals surface area contributed by atoms with Crippen LogP contribution in [0.15, 0.2) is 30.3 Å². The van der Waals surface area contributed by atoms with Crippen molar-refractivity contribution < 1.29 is 19.0 Å². The topological polar surface area (TPSA) is 90.5 Å². The van der Waals surface area contributed by atoms with E-state index >= 15 is 0 Å². The lowest BCUT2D eigenvalue weighted by Gasteiger charge is -2.12. The lowest BCUT2D eigenvalue weighted by atomic mass is 10.1. The molecular formula is C16H14FN3O3. The van der Waals surface area contributed by atoms with Crippen LogP contribution < -0.4 is 15.2 Å². The maximum absolute atomic E-state index is 13.7. The molecule has 0 bridgehead atoms. The number of rotatable bonds is 3. The first-order valence-electron chi connectivity index (χ1n) is 6.71. The number of nitrogens with two attached hydrogens (primary N) is 1. The van der Waals surface area contributed by atoms with E-state index in [0.29, 0.717) is 33.7 Å². The highest BCUT2D eigenvalue weighted by atomic mass is 19.1. The highest BCUT2D eigenvalue weighted by Crippen LogP contribution is 2.36. The van der Waals surface area contributed by atoms with Gasteiger partial charge < -0.3 is 20.3 Å². The number of benzene rings is 2. The van der Waals surface area contributed by atoms with Gasteiger partial charge >= 0.3 is 0 Å². The zero-order valence-corrected chi connectivity index (χ0v) is 12.5. The summed E-state index contributed by atoms with van der Waals surface area (Å²) in [5.74, 6) is -0.129. The number of nitrogens with zero attached hydrogens (tertiary/aromatic N) is 2. The summed E-state index contributed by atoms with van der Waals surface area (Å²) in [6.45, 7) is 0. The number of phenols is 1. The summed E-state index contributed by atoms with van der Waals surface area (Å²) in [6.07, 6.45) is 0. The molecule has 118 valence electrons. The Hall–Kier alpha value is -3.09. The lowest BCUT2D eigenvalue weighted by molar-refractivity contribution is 0.356. The number of anilines is 1. The number of phenolic OH excluding ortho intramolecular Hbond substituents is 1. The van der Waals surface area contributed by atoms with Crippen LogP contribution in [-0.4, -0.2) is 29.3 Å². The maximum atomic E-state index is 13.7. The molecule has 3 N–H and O–H groups in total. The number of hydrogen-bond acceptors (Lipinski definition) is 6. The fourth-order valence-corrected chi connectivity index (χ4v) is 2.35. The Bertz CT molecular complexity index is 899. The van der Waals surface area contributed by atoms with Gasteiger partial charge in [0.2, 0.25) is 5.95 Å². The molecular weight excluding hydrogens is 301 g/mol. The number of nitrogen functional groups attached to an aromatic ring is 1. The predicted octanol–water partition coefficient (Wildman–Crippen LogP) is 2.74. The summed E-state index contributed by atoms with van der Waals surface area (Å²) in [4.78, 5) is 8.37. The van der Waals surface area contributed by atoms with Crippen LogP contribution in [0.5, 0.6) is 17.2 Å². The van der Waals surface area contributed by atoms with E-state index in [4.69, 9.17) is 15.2 Å². The molecule has 0 aliphatic rings. The van der Waals surface area contributed by atoms with Crippen molar-refractivity contribution in [1.29, 1.82) is 0 Å². The van der Waals surface area contributed by atoms with E-state index in [2.05, 4.69) is 9.97 Å². The molecule has 1 heterocycles. The number of aromatic nitrogens is 2. The Morgan fingerprint density at radius 1 is 1.04 bits per heavy atom. The molecule has 0 saturated carbocycles. The first kappa shape index (κ1) is 14.8. The van der Waals surface area contributed by atoms with Crippen LogP contribution in [0, 0.1) is 5.82 Å². The van der Waals surface area contributed by atoms with Gasteiger partial charge in [-0.2, -0.15) is 0 Å². The van der Waals surface area contributed by atoms with Crippen molar-refractivity contribution in [3.8, 4) is 28.5 Å². The predicted molar refractivity (Wildman–Crippen MR) is 84.1 cm³/mol. The molecule has 0 aliphatic heterocycles. The number of methoxy groups -OCH3 is 2. The summed E-state index contributed by atoms with van der Waals surface area (Å²) >= 11 is 0. The second kappa shape index (κ2) is 5.60. The summed E-state index contributed by atoms with van der Waals surface area (Å²) in [5.41, 5.74) is 7.20. The second-order valence-corrected chi connectivity index (χ2v) is 4.82. The standard InChI is InChI=1S/C16H14FN3O3/c1-22-13-6-9-11(7-14(13)23-2)19-16(18)20-15(9)8-3-4-12(21)10(17)5-8/h3-7,21H,1-2H3,(H2,18,19,20). The Kier molecular flexibility index (Phi) is 3.61. The molecule has 6 nitrogen and oxygen atoms in total. The van der Waals surface area contributed by atoms with Gasteiger partial charge in [-0.1, -0.05) is 0 Å². The Morgan fingerprint density at radius 2 is 1.74 bits per heavy atom. The lowest BCUT2D eigenvalue weighted by Crippen LogP contribution is -2.00. The average Bonchev–Trinajstić information content (AvgIpc) is 2.55. The molecule has 0 unspecified atom stereocenters. The molecule has 3 rings (SSSR count). The molecule has 0 aliphatic carbocycles. The second-order valence-electron chi connectivity index (χ2n) is 4.82. The average molecular weight is 315 g/mol. The molecule has 0 fully saturated rings. The fraction of sp³-hybridized carbons (Fsp3) is 0.125. The first-order chi connectivity index (χ1) is 11.0. The van der Waals surface area contributed by atoms with Crippen molar-refractivity contribution in [3.05, 3.63) is 36.1 Å². The number of hydrogen-bond donors (Lipinski definition) is 2. The van der Waals surface area contributed by atoms with Crippen molar-refractivity contribution >= 4 is 16.9 Å². The minimum absolute atomic E-state index is 0.0493. The smallest absolute Gasteiger partial charge is 0.221 e. The number of fused-ring (bicyclic) bond motifs is 1. The highest BCUT2D eigenvalue weighted by molar-refractivity contribution is 5.95. The molecule has 0 saturated heterocycles. The van der Waals surface area contributed by atoms with Gasteiger partial charge in [-0.25, -0.2) is 14.4 Å². The van der Waals surface area contributed by atoms with Crippen molar-refractivity contribution in [2.24, 2.45) is 0 Å². The van der Waals surface area contributed by atoms with Gasteiger partial charge in [0.25, 0.3) is 0 Å². The quantitative estimate of drug-likeness (QED) is 0.772. The molecule has 0 radical (unpaired) electrons. The van der Waals surface area contributed by atoms with Crippen LogP contribution in [-0.2, 0) is 0 Å². The van der Waals surface area contributed by atoms with E-state index in [1.54, 1.807) is 18.2 Å². The molecule has 0 amide bonds. The molecule has 23 heavy (non-hydrogen) atoms. The number of halogens is 1. The van der Waals surface area contributed by atoms with Gasteiger partial charge in [0.05, 0.1) is 25.4 Å². The van der Waals surface area contributed by atoms with Gasteiger partial charge in [0, 0.05) is 17.0 Å². The normalized spacial score (nSPS) is 10.7. The molecule has 3 aromatic rings. The molecule has 2 aromatic carbocycles. The SMILES string of the molecule is COc1cc2nc(N)nc(-c3ccc(O)c(F)c3)c2cc1OC. The van der Waals surface area contributed by atoms with E-state index in [1.807, 2.05) is 0 Å². The zero-order chi connectivity index (χ0) is 16.6. The van der Waals surface area contributed by atoms with Crippen LogP contribution in [0.4, 0.5) is 10.3 Å². The van der Waals surface area contributed by atoms with Crippen molar-refractivity contribution in [3.63, 3.8) is 0 Å². The van der Waals surface area contributed by atoms with E-state index < -0.39 is 11.6 Å². The van der Waals surface area contributed by atoms with Crippen LogP contribution in [0.3, 0.4) is 0 Å². The fourth-order valence-electron chi connectivity index (χ4n) is 2.35. The van der Waals surface area contributed by atoms with Gasteiger partial charge in [-0.15, -0.1) is 0 Å². The van der Waals surface area contributed by atoms with Crippen molar-refractivity contribution in [1.82, 2.24) is 9.97 Å². The summed E-state index contributed by atoms with van der Waals surface area (Å²) < 4.78 is 24.2. The molecule has 0 spiro atoms. The minimum atomic E-state index is -0.742. The number of ether oxygens (including phenoxy) is 2. The van der Waals surface area contributed by atoms with Gasteiger partial charge in [0.15, 0.2) is 23.1 Å². The van der Waals surface area contributed by atoms with Crippen molar-refractivity contribution in [2.75, 3.05) is 20.0 Å². The molecule has 1 aromatic heterocycles. The van der Waals surface area contributed by atoms with Crippen LogP contribution >= 0.6 is 0 Å². The monoisotopic (exact) mass is 315 g/mol. The van der Waals surface area contributed by atoms with Crippen LogP contribution in [0.25, 0.3) is 22.2 Å². The van der Waals surface area contributed by atoms with Gasteiger partial charge in [-0.05, 0) is 24.3 Å². The van der Waals surface area contributed by atoms with E-state index in [0.717, 1.165) is 0 Å². The highest BCUT2D eigenvalue weighted by Gasteiger charge is 2.15. The van der Waals surface area contributed by atoms with Crippen LogP contribution in [0.1, 0.15) is 0 Å². The maximum Gasteiger partial charge on any atom is 0.221 e. The summed E-state index contributed by atoms with van der Waals surface area (Å²) in [7, 11) is 3.03. The third-order valence-corrected chi connectivity index (χ3v) is 3.44. The zero-order valence-electron chi connectivity index (χ0n) is 12.5. The third kappa shape index (κ3) is 2.57. The molecule has 0 atom stereocenters. The first-order valence-corrected chi connectivity index (χ1v) is 6.71. The van der Waals surface area contributed by atoms with E-state index in [1.165, 1.54) is 26.4 Å². The van der Waals surface area contributed by atoms with E-state index in [-0.39, 0.29) is 5.95 Å². The summed E-state index contributed by atoms with van der Waals surface area (Å²) in [5, 5.41) is 9.97. The largest absolute Gasteiger partial charge is 0.505 e. The molecule has 7 heteroatoms. The minimum Gasteiger partial charge on any atom is -0.505 e. The van der Waals surface area contributed by atoms with E-state index in [9.17, 15) is 9.50 Å². The summed E-state index contributed by atoms with van der Waals surface area (Å²) in [6, 6.07) is 7.37. The number of aromatic hydroxyl groups is 1. The Labute approximate surface area is 131 Å². The van der Waals surface area contributed by atoms with Gasteiger partial charge in [0.1, 0.15) is 0 Å². The third-order valence-electron chi connectivity index (χ3n) is 3.44. The Morgan fingerprint density at radius 3 is 2.39 bits per heavy atom. The van der Waals surface area contributed by atoms with Gasteiger partial charge in [-0.3, -0.25) is 0 Å². The Balaban J connectivity index is 2.32. The van der Waals surface area contributed by atoms with Crippen LogP contribution in [0.2, 0.25) is 0 Å².